The van der Waals surface area contributed by atoms with Gasteiger partial charge < -0.3 is 25.2 Å². The summed E-state index contributed by atoms with van der Waals surface area (Å²) in [6, 6.07) is 10.1. The largest absolute Gasteiger partial charge is 0.484 e. The highest BCUT2D eigenvalue weighted by molar-refractivity contribution is 14.0. The predicted molar refractivity (Wildman–Crippen MR) is 139 cm³/mol. The minimum atomic E-state index is -0.0516. The number of carbonyl (C=O) groups is 1. The molecule has 10 heteroatoms. The topological polar surface area (TPSA) is 95.0 Å². The number of anilines is 1. The highest BCUT2D eigenvalue weighted by Gasteiger charge is 2.23. The fourth-order valence-electron chi connectivity index (χ4n) is 3.62. The van der Waals surface area contributed by atoms with Gasteiger partial charge in [0.05, 0.1) is 0 Å². The van der Waals surface area contributed by atoms with Crippen molar-refractivity contribution in [2.45, 2.75) is 25.3 Å². The number of nitrogens with zero attached hydrogens (tertiary/aromatic N) is 5. The predicted octanol–water partition coefficient (Wildman–Crippen LogP) is 1.69. The van der Waals surface area contributed by atoms with E-state index in [0.717, 1.165) is 63.9 Å². The number of guanidine groups is 1. The minimum absolute atomic E-state index is 0. The number of aliphatic imine (C=N–C) groups is 1. The summed E-state index contributed by atoms with van der Waals surface area (Å²) >= 11 is 0. The summed E-state index contributed by atoms with van der Waals surface area (Å²) in [5.74, 6) is 2.36. The fourth-order valence-corrected chi connectivity index (χ4v) is 3.62. The molecule has 1 amide bonds. The van der Waals surface area contributed by atoms with Crippen LogP contribution >= 0.6 is 24.0 Å². The van der Waals surface area contributed by atoms with Crippen molar-refractivity contribution in [1.29, 1.82) is 0 Å². The summed E-state index contributed by atoms with van der Waals surface area (Å²) in [5, 5.41) is 6.38. The van der Waals surface area contributed by atoms with Crippen LogP contribution in [0.5, 0.6) is 5.75 Å². The quantitative estimate of drug-likeness (QED) is 0.286. The molecule has 0 spiro atoms. The van der Waals surface area contributed by atoms with E-state index in [1.54, 1.807) is 12.4 Å². The molecule has 0 radical (unpaired) electrons. The van der Waals surface area contributed by atoms with E-state index in [9.17, 15) is 4.79 Å². The Labute approximate surface area is 212 Å². The Kier molecular flexibility index (Phi) is 9.52. The number of piperazine rings is 1. The van der Waals surface area contributed by atoms with Crippen molar-refractivity contribution in [3.05, 3.63) is 48.3 Å². The molecule has 0 atom stereocenters. The number of ether oxygens (including phenoxy) is 1. The van der Waals surface area contributed by atoms with E-state index < -0.39 is 0 Å². The molecule has 2 heterocycles. The number of halogens is 1. The van der Waals surface area contributed by atoms with Crippen LogP contribution in [0.1, 0.15) is 18.4 Å². The van der Waals surface area contributed by atoms with Crippen LogP contribution in [0.2, 0.25) is 0 Å². The molecule has 1 aromatic carbocycles. The highest BCUT2D eigenvalue weighted by Crippen LogP contribution is 2.18. The van der Waals surface area contributed by atoms with E-state index in [2.05, 4.69) is 35.4 Å². The first-order chi connectivity index (χ1) is 15.7. The van der Waals surface area contributed by atoms with Crippen LogP contribution in [0.3, 0.4) is 0 Å². The molecule has 9 nitrogen and oxygen atoms in total. The molecule has 1 aliphatic carbocycles. The molecule has 4 rings (SSSR count). The molecule has 1 saturated carbocycles. The summed E-state index contributed by atoms with van der Waals surface area (Å²) in [6.07, 6.45) is 6.59. The lowest BCUT2D eigenvalue weighted by Gasteiger charge is -2.36. The van der Waals surface area contributed by atoms with Crippen LogP contribution in [0.4, 0.5) is 5.95 Å². The standard InChI is InChI=1S/C23H31N7O2.HI/c1-24-22(29-13-15-30(16-14-29)23-25-10-2-11-26-23)27-12-9-18-3-7-20(8-4-18)32-17-21(31)28-19-5-6-19;/h2-4,7-8,10-11,19H,5-6,9,12-17H2,1H3,(H,24,27)(H,28,31);1H. The lowest BCUT2D eigenvalue weighted by atomic mass is 10.1. The zero-order valence-electron chi connectivity index (χ0n) is 18.9. The van der Waals surface area contributed by atoms with Gasteiger partial charge in [0.2, 0.25) is 5.95 Å². The van der Waals surface area contributed by atoms with Crippen LogP contribution in [0, 0.1) is 0 Å². The molecule has 1 saturated heterocycles. The number of amides is 1. The number of rotatable bonds is 8. The zero-order valence-corrected chi connectivity index (χ0v) is 21.3. The Hall–Kier alpha value is -2.63. The van der Waals surface area contributed by atoms with Crippen LogP contribution < -0.4 is 20.3 Å². The van der Waals surface area contributed by atoms with E-state index in [1.165, 1.54) is 5.56 Å². The average molecular weight is 565 g/mol. The SMILES string of the molecule is CN=C(NCCc1ccc(OCC(=O)NC2CC2)cc1)N1CCN(c2ncccn2)CC1.I. The smallest absolute Gasteiger partial charge is 0.258 e. The maximum Gasteiger partial charge on any atom is 0.258 e. The van der Waals surface area contributed by atoms with E-state index in [0.29, 0.717) is 11.8 Å². The van der Waals surface area contributed by atoms with Crippen LogP contribution in [0.15, 0.2) is 47.7 Å². The Bertz CT molecular complexity index is 899. The molecule has 2 aromatic rings. The third-order valence-corrected chi connectivity index (χ3v) is 5.56. The first-order valence-corrected chi connectivity index (χ1v) is 11.2. The molecule has 2 N–H and O–H groups in total. The monoisotopic (exact) mass is 565 g/mol. The molecular formula is C23H32IN7O2. The second-order valence-electron chi connectivity index (χ2n) is 8.02. The summed E-state index contributed by atoms with van der Waals surface area (Å²) in [7, 11) is 1.82. The fraction of sp³-hybridized carbons (Fsp3) is 0.478. The van der Waals surface area contributed by atoms with Crippen molar-refractivity contribution >= 4 is 41.8 Å². The van der Waals surface area contributed by atoms with Gasteiger partial charge >= 0.3 is 0 Å². The second kappa shape index (κ2) is 12.6. The molecule has 0 unspecified atom stereocenters. The van der Waals surface area contributed by atoms with Gasteiger partial charge in [0.1, 0.15) is 5.75 Å². The molecule has 2 fully saturated rings. The van der Waals surface area contributed by atoms with Gasteiger partial charge in [0.25, 0.3) is 5.91 Å². The van der Waals surface area contributed by atoms with Crippen LogP contribution in [-0.4, -0.2) is 79.2 Å². The van der Waals surface area contributed by atoms with E-state index in [1.807, 2.05) is 37.4 Å². The van der Waals surface area contributed by atoms with E-state index in [4.69, 9.17) is 4.74 Å². The van der Waals surface area contributed by atoms with Gasteiger partial charge in [0.15, 0.2) is 12.6 Å². The number of carbonyl (C=O) groups excluding carboxylic acids is 1. The third kappa shape index (κ3) is 7.72. The molecule has 2 aliphatic rings. The van der Waals surface area contributed by atoms with Gasteiger partial charge in [-0.3, -0.25) is 9.79 Å². The zero-order chi connectivity index (χ0) is 22.2. The first-order valence-electron chi connectivity index (χ1n) is 11.2. The van der Waals surface area contributed by atoms with Gasteiger partial charge in [-0.05, 0) is 43.0 Å². The summed E-state index contributed by atoms with van der Waals surface area (Å²) in [6.45, 7) is 4.34. The number of hydrogen-bond acceptors (Lipinski definition) is 6. The van der Waals surface area contributed by atoms with Crippen LogP contribution in [-0.2, 0) is 11.2 Å². The minimum Gasteiger partial charge on any atom is -0.484 e. The maximum absolute atomic E-state index is 11.7. The Morgan fingerprint density at radius 1 is 1.12 bits per heavy atom. The lowest BCUT2D eigenvalue weighted by Crippen LogP contribution is -2.53. The number of benzene rings is 1. The Morgan fingerprint density at radius 3 is 2.45 bits per heavy atom. The summed E-state index contributed by atoms with van der Waals surface area (Å²) < 4.78 is 5.57. The normalized spacial score (nSPS) is 16.1. The van der Waals surface area contributed by atoms with Gasteiger partial charge in [-0.15, -0.1) is 24.0 Å². The molecule has 178 valence electrons. The molecule has 0 bridgehead atoms. The van der Waals surface area contributed by atoms with Gasteiger partial charge in [-0.25, -0.2) is 9.97 Å². The molecular weight excluding hydrogens is 533 g/mol. The summed E-state index contributed by atoms with van der Waals surface area (Å²) in [4.78, 5) is 29.3. The van der Waals surface area contributed by atoms with Crippen molar-refractivity contribution in [1.82, 2.24) is 25.5 Å². The molecule has 1 aliphatic heterocycles. The lowest BCUT2D eigenvalue weighted by molar-refractivity contribution is -0.123. The van der Waals surface area contributed by atoms with Crippen molar-refractivity contribution in [2.24, 2.45) is 4.99 Å². The van der Waals surface area contributed by atoms with Crippen molar-refractivity contribution < 1.29 is 9.53 Å². The van der Waals surface area contributed by atoms with Crippen molar-refractivity contribution in [2.75, 3.05) is 51.3 Å². The number of hydrogen-bond donors (Lipinski definition) is 2. The summed E-state index contributed by atoms with van der Waals surface area (Å²) in [5.41, 5.74) is 1.20. The molecule has 33 heavy (non-hydrogen) atoms. The molecule has 1 aromatic heterocycles. The van der Waals surface area contributed by atoms with Gasteiger partial charge in [-0.2, -0.15) is 0 Å². The second-order valence-corrected chi connectivity index (χ2v) is 8.02. The number of aromatic nitrogens is 2. The Morgan fingerprint density at radius 2 is 1.82 bits per heavy atom. The first kappa shape index (κ1) is 25.0. The average Bonchev–Trinajstić information content (AvgIpc) is 3.66. The van der Waals surface area contributed by atoms with Crippen LogP contribution in [0.25, 0.3) is 0 Å². The highest BCUT2D eigenvalue weighted by atomic mass is 127. The third-order valence-electron chi connectivity index (χ3n) is 5.56. The van der Waals surface area contributed by atoms with Crippen molar-refractivity contribution in [3.8, 4) is 5.75 Å². The van der Waals surface area contributed by atoms with Gasteiger partial charge in [0, 0.05) is 58.2 Å². The van der Waals surface area contributed by atoms with E-state index in [-0.39, 0.29) is 36.5 Å². The Balaban J connectivity index is 0.00000306. The van der Waals surface area contributed by atoms with Crippen molar-refractivity contribution in [3.63, 3.8) is 0 Å². The number of nitrogens with one attached hydrogen (secondary N) is 2. The maximum atomic E-state index is 11.7. The van der Waals surface area contributed by atoms with Gasteiger partial charge in [-0.1, -0.05) is 12.1 Å². The van der Waals surface area contributed by atoms with E-state index >= 15 is 0 Å².